The van der Waals surface area contributed by atoms with Gasteiger partial charge in [0.1, 0.15) is 6.61 Å². The van der Waals surface area contributed by atoms with Gasteiger partial charge in [0, 0.05) is 33.6 Å². The number of rotatable bonds is 5. The van der Waals surface area contributed by atoms with Gasteiger partial charge in [0.15, 0.2) is 5.78 Å². The van der Waals surface area contributed by atoms with Gasteiger partial charge >= 0.3 is 6.18 Å². The maximum atomic E-state index is 12.0. The first-order valence-electron chi connectivity index (χ1n) is 5.81. The van der Waals surface area contributed by atoms with Crippen molar-refractivity contribution in [2.75, 3.05) is 13.2 Å². The molecule has 1 N–H and O–H groups in total. The number of ketones is 1. The van der Waals surface area contributed by atoms with E-state index in [2.05, 4.69) is 25.7 Å². The maximum Gasteiger partial charge on any atom is 0.411 e. The molecule has 0 unspecified atom stereocenters. The topological polar surface area (TPSA) is 42.1 Å². The van der Waals surface area contributed by atoms with Crippen molar-refractivity contribution < 1.29 is 22.7 Å². The Morgan fingerprint density at radius 2 is 2.10 bits per heavy atom. The van der Waals surface area contributed by atoms with Crippen LogP contribution in [-0.4, -0.2) is 30.2 Å². The molecule has 20 heavy (non-hydrogen) atoms. The second-order valence-electron chi connectivity index (χ2n) is 4.23. The van der Waals surface area contributed by atoms with E-state index in [0.29, 0.717) is 5.56 Å². The average Bonchev–Trinajstić information content (AvgIpc) is 2.76. The largest absolute Gasteiger partial charge is 0.411 e. The number of hydrogen-bond donors (Lipinski definition) is 1. The molecule has 108 valence electrons. The molecule has 0 atom stereocenters. The van der Waals surface area contributed by atoms with Gasteiger partial charge in [-0.2, -0.15) is 13.2 Å². The molecule has 1 aromatic heterocycles. The Kier molecular flexibility index (Phi) is 4.49. The highest BCUT2D eigenvalue weighted by molar-refractivity contribution is 9.10. The summed E-state index contributed by atoms with van der Waals surface area (Å²) in [4.78, 5) is 14.9. The summed E-state index contributed by atoms with van der Waals surface area (Å²) >= 11 is 3.31. The number of aromatic amines is 1. The van der Waals surface area contributed by atoms with Crippen LogP contribution >= 0.6 is 15.9 Å². The molecule has 2 aromatic rings. The molecule has 0 aliphatic carbocycles. The smallest absolute Gasteiger partial charge is 0.372 e. The fraction of sp³-hybridized carbons (Fsp3) is 0.308. The van der Waals surface area contributed by atoms with Crippen molar-refractivity contribution >= 4 is 32.6 Å². The number of halogens is 4. The van der Waals surface area contributed by atoms with Gasteiger partial charge in [-0.1, -0.05) is 15.9 Å². The van der Waals surface area contributed by atoms with Gasteiger partial charge in [0.2, 0.25) is 0 Å². The minimum atomic E-state index is -4.37. The first-order chi connectivity index (χ1) is 9.37. The third kappa shape index (κ3) is 3.83. The van der Waals surface area contributed by atoms with Crippen LogP contribution in [0.3, 0.4) is 0 Å². The van der Waals surface area contributed by atoms with Crippen molar-refractivity contribution in [3.05, 3.63) is 34.4 Å². The van der Waals surface area contributed by atoms with Gasteiger partial charge < -0.3 is 9.72 Å². The lowest BCUT2D eigenvalue weighted by molar-refractivity contribution is -0.173. The number of aromatic nitrogens is 1. The number of carbonyl (C=O) groups is 1. The molecule has 0 saturated carbocycles. The first kappa shape index (κ1) is 15.1. The van der Waals surface area contributed by atoms with Crippen molar-refractivity contribution in [1.82, 2.24) is 4.98 Å². The maximum absolute atomic E-state index is 12.0. The second-order valence-corrected chi connectivity index (χ2v) is 5.15. The SMILES string of the molecule is O=C(CCOCC(F)(F)F)c1c[nH]c2ccc(Br)cc12. The Balaban J connectivity index is 1.99. The first-order valence-corrected chi connectivity index (χ1v) is 6.60. The molecule has 0 fully saturated rings. The molecule has 7 heteroatoms. The number of alkyl halides is 3. The molecular formula is C13H11BrF3NO2. The highest BCUT2D eigenvalue weighted by atomic mass is 79.9. The predicted molar refractivity (Wildman–Crippen MR) is 71.8 cm³/mol. The zero-order valence-corrected chi connectivity index (χ0v) is 11.8. The normalized spacial score (nSPS) is 12.0. The van der Waals surface area contributed by atoms with Gasteiger partial charge in [-0.15, -0.1) is 0 Å². The monoisotopic (exact) mass is 349 g/mol. The van der Waals surface area contributed by atoms with Crippen LogP contribution in [0.25, 0.3) is 10.9 Å². The number of benzene rings is 1. The lowest BCUT2D eigenvalue weighted by Crippen LogP contribution is -2.18. The van der Waals surface area contributed by atoms with Crippen LogP contribution in [0.4, 0.5) is 13.2 Å². The van der Waals surface area contributed by atoms with E-state index >= 15 is 0 Å². The van der Waals surface area contributed by atoms with E-state index in [0.717, 1.165) is 15.4 Å². The molecule has 0 aliphatic rings. The van der Waals surface area contributed by atoms with Crippen molar-refractivity contribution in [1.29, 1.82) is 0 Å². The van der Waals surface area contributed by atoms with Crippen LogP contribution in [-0.2, 0) is 4.74 Å². The van der Waals surface area contributed by atoms with Crippen LogP contribution in [0.5, 0.6) is 0 Å². The molecule has 0 radical (unpaired) electrons. The summed E-state index contributed by atoms with van der Waals surface area (Å²) in [6.07, 6.45) is -2.90. The molecule has 0 aliphatic heterocycles. The minimum Gasteiger partial charge on any atom is -0.372 e. The Morgan fingerprint density at radius 3 is 2.80 bits per heavy atom. The Labute approximate surface area is 121 Å². The van der Waals surface area contributed by atoms with Crippen LogP contribution in [0.15, 0.2) is 28.9 Å². The number of fused-ring (bicyclic) bond motifs is 1. The highest BCUT2D eigenvalue weighted by Crippen LogP contribution is 2.23. The van der Waals surface area contributed by atoms with Crippen molar-refractivity contribution in [2.45, 2.75) is 12.6 Å². The number of H-pyrrole nitrogens is 1. The van der Waals surface area contributed by atoms with E-state index < -0.39 is 12.8 Å². The summed E-state index contributed by atoms with van der Waals surface area (Å²) in [6.45, 7) is -1.58. The van der Waals surface area contributed by atoms with E-state index in [1.165, 1.54) is 0 Å². The number of nitrogens with one attached hydrogen (secondary N) is 1. The van der Waals surface area contributed by atoms with Crippen LogP contribution in [0.1, 0.15) is 16.8 Å². The summed E-state index contributed by atoms with van der Waals surface area (Å²) in [5.41, 5.74) is 1.25. The van der Waals surface area contributed by atoms with Crippen LogP contribution < -0.4 is 0 Å². The van der Waals surface area contributed by atoms with Crippen molar-refractivity contribution in [3.63, 3.8) is 0 Å². The molecule has 1 heterocycles. The van der Waals surface area contributed by atoms with E-state index in [9.17, 15) is 18.0 Å². The molecule has 1 aromatic carbocycles. The number of hydrogen-bond acceptors (Lipinski definition) is 2. The lowest BCUT2D eigenvalue weighted by atomic mass is 10.1. The Hall–Kier alpha value is -1.34. The van der Waals surface area contributed by atoms with E-state index in [-0.39, 0.29) is 18.8 Å². The van der Waals surface area contributed by atoms with Crippen LogP contribution in [0.2, 0.25) is 0 Å². The average molecular weight is 350 g/mol. The van der Waals surface area contributed by atoms with E-state index in [4.69, 9.17) is 0 Å². The predicted octanol–water partition coefficient (Wildman–Crippen LogP) is 4.08. The van der Waals surface area contributed by atoms with Crippen molar-refractivity contribution in [2.24, 2.45) is 0 Å². The van der Waals surface area contributed by atoms with Gasteiger partial charge in [0.05, 0.1) is 6.61 Å². The Morgan fingerprint density at radius 1 is 1.35 bits per heavy atom. The lowest BCUT2D eigenvalue weighted by Gasteiger charge is -2.06. The zero-order valence-electron chi connectivity index (χ0n) is 10.3. The number of carbonyl (C=O) groups excluding carboxylic acids is 1. The zero-order chi connectivity index (χ0) is 14.8. The van der Waals surface area contributed by atoms with Crippen molar-refractivity contribution in [3.8, 4) is 0 Å². The van der Waals surface area contributed by atoms with Gasteiger partial charge in [-0.3, -0.25) is 4.79 Å². The van der Waals surface area contributed by atoms with Gasteiger partial charge in [-0.05, 0) is 18.2 Å². The third-order valence-electron chi connectivity index (χ3n) is 2.68. The summed E-state index contributed by atoms with van der Waals surface area (Å²) < 4.78 is 40.9. The number of ether oxygens (including phenoxy) is 1. The minimum absolute atomic E-state index is 0.0878. The summed E-state index contributed by atoms with van der Waals surface area (Å²) in [5.74, 6) is -0.253. The van der Waals surface area contributed by atoms with E-state index in [1.807, 2.05) is 12.1 Å². The molecule has 0 amide bonds. The standard InChI is InChI=1S/C13H11BrF3NO2/c14-8-1-2-11-9(5-8)10(6-18-11)12(19)3-4-20-7-13(15,16)17/h1-2,5-6,18H,3-4,7H2. The third-order valence-corrected chi connectivity index (χ3v) is 3.18. The molecule has 0 bridgehead atoms. The summed E-state index contributed by atoms with van der Waals surface area (Å²) in [5, 5.41) is 0.736. The number of Topliss-reactive ketones (excluding diaryl/α,β-unsaturated/α-hetero) is 1. The molecular weight excluding hydrogens is 339 g/mol. The molecule has 2 rings (SSSR count). The van der Waals surface area contributed by atoms with E-state index in [1.54, 1.807) is 12.3 Å². The quantitative estimate of drug-likeness (QED) is 0.652. The van der Waals surface area contributed by atoms with Gasteiger partial charge in [-0.25, -0.2) is 0 Å². The molecule has 0 saturated heterocycles. The highest BCUT2D eigenvalue weighted by Gasteiger charge is 2.27. The summed E-state index contributed by atoms with van der Waals surface area (Å²) in [7, 11) is 0. The van der Waals surface area contributed by atoms with Gasteiger partial charge in [0.25, 0.3) is 0 Å². The fourth-order valence-electron chi connectivity index (χ4n) is 1.81. The fourth-order valence-corrected chi connectivity index (χ4v) is 2.17. The van der Waals surface area contributed by atoms with Crippen LogP contribution in [0, 0.1) is 0 Å². The summed E-state index contributed by atoms with van der Waals surface area (Å²) in [6, 6.07) is 5.44. The Bertz CT molecular complexity index is 622. The second kappa shape index (κ2) is 5.97. The molecule has 3 nitrogen and oxygen atoms in total. The molecule has 0 spiro atoms.